The van der Waals surface area contributed by atoms with Crippen LogP contribution in [0.4, 0.5) is 4.39 Å². The average Bonchev–Trinajstić information content (AvgIpc) is 3.29. The highest BCUT2D eigenvalue weighted by Crippen LogP contribution is 2.11. The second kappa shape index (κ2) is 9.05. The van der Waals surface area contributed by atoms with E-state index in [0.29, 0.717) is 17.9 Å². The largest absolute Gasteiger partial charge is 0.376 e. The molecule has 31 heavy (non-hydrogen) atoms. The van der Waals surface area contributed by atoms with Crippen LogP contribution in [-0.2, 0) is 11.3 Å². The Morgan fingerprint density at radius 3 is 2.68 bits per heavy atom. The zero-order valence-corrected chi connectivity index (χ0v) is 16.7. The van der Waals surface area contributed by atoms with Crippen LogP contribution in [0.3, 0.4) is 0 Å². The first-order chi connectivity index (χ1) is 15.0. The number of nitrogens with one attached hydrogen (secondary N) is 1. The maximum Gasteiger partial charge on any atom is 0.352 e. The molecule has 1 amide bonds. The van der Waals surface area contributed by atoms with Crippen molar-refractivity contribution in [1.29, 1.82) is 0 Å². The second-order valence-electron chi connectivity index (χ2n) is 7.24. The van der Waals surface area contributed by atoms with Crippen molar-refractivity contribution in [3.63, 3.8) is 0 Å². The summed E-state index contributed by atoms with van der Waals surface area (Å²) in [5, 5.41) is 6.72. The van der Waals surface area contributed by atoms with Gasteiger partial charge in [0.2, 0.25) is 5.69 Å². The Hall–Kier alpha value is -3.59. The fraction of sp³-hybridized carbons (Fsp3) is 0.273. The molecule has 1 saturated heterocycles. The van der Waals surface area contributed by atoms with Gasteiger partial charge in [0.1, 0.15) is 5.82 Å². The van der Waals surface area contributed by atoms with Crippen LogP contribution in [-0.4, -0.2) is 39.5 Å². The first-order valence-corrected chi connectivity index (χ1v) is 9.97. The summed E-state index contributed by atoms with van der Waals surface area (Å²) < 4.78 is 21.0. The highest BCUT2D eigenvalue weighted by atomic mass is 19.1. The van der Waals surface area contributed by atoms with Gasteiger partial charge in [-0.2, -0.15) is 9.78 Å². The molecule has 4 rings (SSSR count). The zero-order valence-electron chi connectivity index (χ0n) is 16.7. The van der Waals surface area contributed by atoms with Crippen molar-refractivity contribution in [2.75, 3.05) is 13.2 Å². The summed E-state index contributed by atoms with van der Waals surface area (Å²) in [4.78, 5) is 38.8. The number of benzene rings is 2. The monoisotopic (exact) mass is 424 g/mol. The molecule has 1 aliphatic rings. The van der Waals surface area contributed by atoms with Gasteiger partial charge in [-0.05, 0) is 42.7 Å². The molecule has 0 radical (unpaired) electrons. The third kappa shape index (κ3) is 4.61. The van der Waals surface area contributed by atoms with Gasteiger partial charge in [-0.25, -0.2) is 9.18 Å². The first-order valence-electron chi connectivity index (χ1n) is 9.97. The molecule has 1 fully saturated rings. The van der Waals surface area contributed by atoms with Crippen LogP contribution in [0.15, 0.2) is 64.2 Å². The highest BCUT2D eigenvalue weighted by Gasteiger charge is 2.22. The van der Waals surface area contributed by atoms with E-state index in [1.807, 2.05) is 0 Å². The van der Waals surface area contributed by atoms with Gasteiger partial charge in [-0.1, -0.05) is 30.3 Å². The minimum Gasteiger partial charge on any atom is -0.376 e. The summed E-state index contributed by atoms with van der Waals surface area (Å²) in [7, 11) is 0. The summed E-state index contributed by atoms with van der Waals surface area (Å²) in [5.74, 6) is -1.18. The molecule has 1 atom stereocenters. The van der Waals surface area contributed by atoms with Crippen molar-refractivity contribution in [3.05, 3.63) is 92.5 Å². The Morgan fingerprint density at radius 1 is 1.16 bits per heavy atom. The van der Waals surface area contributed by atoms with Crippen LogP contribution in [0, 0.1) is 5.82 Å². The van der Waals surface area contributed by atoms with Gasteiger partial charge < -0.3 is 10.1 Å². The fourth-order valence-corrected chi connectivity index (χ4v) is 3.45. The van der Waals surface area contributed by atoms with Crippen LogP contribution >= 0.6 is 0 Å². The van der Waals surface area contributed by atoms with Crippen LogP contribution in [0.2, 0.25) is 0 Å². The number of nitrogens with zero attached hydrogens (tertiary/aromatic N) is 3. The standard InChI is InChI=1S/C22H21FN4O4/c23-16-7-4-6-15(12-16)14-26-21(29)19(20(28)24-13-18-10-5-11-31-18)25-27(22(26)30)17-8-2-1-3-9-17/h1-4,6-9,12,18H,5,10-11,13-14H2,(H,24,28). The number of ether oxygens (including phenoxy) is 1. The molecule has 0 aliphatic carbocycles. The minimum absolute atomic E-state index is 0.113. The number of carbonyl (C=O) groups excluding carboxylic acids is 1. The average molecular weight is 424 g/mol. The molecule has 2 aromatic carbocycles. The number of halogens is 1. The van der Waals surface area contributed by atoms with E-state index in [2.05, 4.69) is 10.4 Å². The summed E-state index contributed by atoms with van der Waals surface area (Å²) >= 11 is 0. The van der Waals surface area contributed by atoms with Crippen molar-refractivity contribution < 1.29 is 13.9 Å². The minimum atomic E-state index is -0.841. The number of carbonyl (C=O) groups is 1. The smallest absolute Gasteiger partial charge is 0.352 e. The van der Waals surface area contributed by atoms with Gasteiger partial charge in [0, 0.05) is 13.2 Å². The normalized spacial score (nSPS) is 15.7. The summed E-state index contributed by atoms with van der Waals surface area (Å²) in [6.45, 7) is 0.684. The van der Waals surface area contributed by atoms with E-state index >= 15 is 0 Å². The summed E-state index contributed by atoms with van der Waals surface area (Å²) in [6, 6.07) is 14.1. The maximum atomic E-state index is 13.6. The van der Waals surface area contributed by atoms with E-state index in [-0.39, 0.29) is 19.2 Å². The Labute approximate surface area is 176 Å². The zero-order chi connectivity index (χ0) is 21.8. The predicted octanol–water partition coefficient (Wildman–Crippen LogP) is 1.49. The molecule has 0 saturated carbocycles. The molecule has 1 aromatic heterocycles. The Kier molecular flexibility index (Phi) is 6.03. The lowest BCUT2D eigenvalue weighted by atomic mass is 10.2. The lowest BCUT2D eigenvalue weighted by molar-refractivity contribution is 0.0849. The molecule has 9 heteroatoms. The number of hydrogen-bond donors (Lipinski definition) is 1. The summed E-state index contributed by atoms with van der Waals surface area (Å²) in [5.41, 5.74) is -1.18. The second-order valence-corrected chi connectivity index (χ2v) is 7.24. The molecule has 1 unspecified atom stereocenters. The van der Waals surface area contributed by atoms with Gasteiger partial charge in [0.25, 0.3) is 11.5 Å². The van der Waals surface area contributed by atoms with Crippen molar-refractivity contribution >= 4 is 5.91 Å². The molecule has 3 aromatic rings. The van der Waals surface area contributed by atoms with Gasteiger partial charge in [0.15, 0.2) is 0 Å². The Morgan fingerprint density at radius 2 is 1.97 bits per heavy atom. The first kappa shape index (κ1) is 20.7. The van der Waals surface area contributed by atoms with Crippen LogP contribution < -0.4 is 16.6 Å². The van der Waals surface area contributed by atoms with E-state index in [0.717, 1.165) is 22.1 Å². The lowest BCUT2D eigenvalue weighted by Gasteiger charge is -2.13. The SMILES string of the molecule is O=C(NCC1CCCO1)c1nn(-c2ccccc2)c(=O)n(Cc2cccc(F)c2)c1=O. The number of aromatic nitrogens is 3. The van der Waals surface area contributed by atoms with Gasteiger partial charge in [0.05, 0.1) is 18.3 Å². The molecule has 1 N–H and O–H groups in total. The molecule has 0 bridgehead atoms. The Balaban J connectivity index is 1.75. The fourth-order valence-electron chi connectivity index (χ4n) is 3.45. The van der Waals surface area contributed by atoms with Crippen LogP contribution in [0.5, 0.6) is 0 Å². The molecular weight excluding hydrogens is 403 g/mol. The highest BCUT2D eigenvalue weighted by molar-refractivity contribution is 5.91. The number of amides is 1. The van der Waals surface area contributed by atoms with Crippen molar-refractivity contribution in [1.82, 2.24) is 19.7 Å². The van der Waals surface area contributed by atoms with E-state index in [1.165, 1.54) is 18.2 Å². The lowest BCUT2D eigenvalue weighted by Crippen LogP contribution is -2.46. The molecule has 2 heterocycles. The quantitative estimate of drug-likeness (QED) is 0.647. The third-order valence-electron chi connectivity index (χ3n) is 5.02. The number of para-hydroxylation sites is 1. The molecule has 8 nitrogen and oxygen atoms in total. The van der Waals surface area contributed by atoms with Crippen molar-refractivity contribution in [3.8, 4) is 5.69 Å². The van der Waals surface area contributed by atoms with E-state index in [4.69, 9.17) is 4.74 Å². The number of hydrogen-bond acceptors (Lipinski definition) is 5. The topological polar surface area (TPSA) is 95.2 Å². The van der Waals surface area contributed by atoms with Gasteiger partial charge in [-0.3, -0.25) is 14.2 Å². The molecular formula is C22H21FN4O4. The van der Waals surface area contributed by atoms with E-state index < -0.39 is 28.7 Å². The third-order valence-corrected chi connectivity index (χ3v) is 5.02. The van der Waals surface area contributed by atoms with Crippen molar-refractivity contribution in [2.45, 2.75) is 25.5 Å². The molecule has 160 valence electrons. The molecule has 0 spiro atoms. The van der Waals surface area contributed by atoms with Gasteiger partial charge in [-0.15, -0.1) is 0 Å². The maximum absolute atomic E-state index is 13.6. The van der Waals surface area contributed by atoms with Crippen LogP contribution in [0.1, 0.15) is 28.9 Å². The predicted molar refractivity (Wildman–Crippen MR) is 111 cm³/mol. The van der Waals surface area contributed by atoms with Crippen LogP contribution in [0.25, 0.3) is 5.69 Å². The Bertz CT molecular complexity index is 1200. The summed E-state index contributed by atoms with van der Waals surface area (Å²) in [6.07, 6.45) is 1.62. The van der Waals surface area contributed by atoms with Gasteiger partial charge >= 0.3 is 5.69 Å². The van der Waals surface area contributed by atoms with Crippen molar-refractivity contribution in [2.24, 2.45) is 0 Å². The van der Waals surface area contributed by atoms with E-state index in [9.17, 15) is 18.8 Å². The molecule has 1 aliphatic heterocycles. The van der Waals surface area contributed by atoms with E-state index in [1.54, 1.807) is 36.4 Å². The number of rotatable bonds is 6.